The smallest absolute Gasteiger partial charge is 0.344 e. The van der Waals surface area contributed by atoms with Gasteiger partial charge in [0.25, 0.3) is 0 Å². The van der Waals surface area contributed by atoms with Crippen molar-refractivity contribution >= 4 is 18.1 Å². The average molecular weight is 185 g/mol. The van der Waals surface area contributed by atoms with E-state index in [-0.39, 0.29) is 6.61 Å². The first-order chi connectivity index (χ1) is 6.11. The Morgan fingerprint density at radius 2 is 2.31 bits per heavy atom. The van der Waals surface area contributed by atoms with Crippen molar-refractivity contribution in [3.8, 4) is 0 Å². The van der Waals surface area contributed by atoms with Gasteiger partial charge in [-0.25, -0.2) is 4.79 Å². The van der Waals surface area contributed by atoms with Crippen LogP contribution in [0.25, 0.3) is 5.53 Å². The molecule has 0 saturated heterocycles. The Kier molecular flexibility index (Phi) is 5.14. The predicted octanol–water partition coefficient (Wildman–Crippen LogP) is -0.645. The molecule has 1 atom stereocenters. The fraction of sp³-hybridized carbons (Fsp3) is 0.571. The molecule has 0 aliphatic rings. The molecular weight excluding hydrogens is 174 g/mol. The molecule has 0 fully saturated rings. The summed E-state index contributed by atoms with van der Waals surface area (Å²) in [5, 5.41) is 2.24. The SMILES string of the molecule is CCOC(=O)[C@H](C)NC(=O)C=[N+]=[N-]. The molecule has 0 spiro atoms. The summed E-state index contributed by atoms with van der Waals surface area (Å²) >= 11 is 0. The summed E-state index contributed by atoms with van der Waals surface area (Å²) in [6.07, 6.45) is 0.662. The first-order valence-electron chi connectivity index (χ1n) is 3.76. The Morgan fingerprint density at radius 3 is 2.77 bits per heavy atom. The van der Waals surface area contributed by atoms with Gasteiger partial charge < -0.3 is 15.6 Å². The Hall–Kier alpha value is -1.68. The van der Waals surface area contributed by atoms with Gasteiger partial charge in [0.05, 0.1) is 6.61 Å². The van der Waals surface area contributed by atoms with E-state index in [1.54, 1.807) is 6.92 Å². The molecule has 0 aliphatic heterocycles. The van der Waals surface area contributed by atoms with Gasteiger partial charge in [-0.3, -0.25) is 4.79 Å². The Balaban J connectivity index is 3.99. The Labute approximate surface area is 75.5 Å². The minimum Gasteiger partial charge on any atom is -0.464 e. The summed E-state index contributed by atoms with van der Waals surface area (Å²) in [6, 6.07) is -0.745. The van der Waals surface area contributed by atoms with Crippen molar-refractivity contribution in [3.05, 3.63) is 5.53 Å². The summed E-state index contributed by atoms with van der Waals surface area (Å²) in [5.74, 6) is -1.18. The van der Waals surface area contributed by atoms with Crippen molar-refractivity contribution in [2.45, 2.75) is 19.9 Å². The van der Waals surface area contributed by atoms with Crippen LogP contribution in [0.2, 0.25) is 0 Å². The zero-order valence-electron chi connectivity index (χ0n) is 7.48. The van der Waals surface area contributed by atoms with Crippen LogP contribution in [0.4, 0.5) is 0 Å². The highest BCUT2D eigenvalue weighted by Gasteiger charge is 2.16. The van der Waals surface area contributed by atoms with Crippen molar-refractivity contribution in [3.63, 3.8) is 0 Å². The maximum Gasteiger partial charge on any atom is 0.344 e. The largest absolute Gasteiger partial charge is 0.464 e. The van der Waals surface area contributed by atoms with Crippen LogP contribution >= 0.6 is 0 Å². The van der Waals surface area contributed by atoms with Crippen LogP contribution < -0.4 is 5.32 Å². The Morgan fingerprint density at radius 1 is 1.69 bits per heavy atom. The van der Waals surface area contributed by atoms with Gasteiger partial charge in [-0.15, -0.1) is 0 Å². The van der Waals surface area contributed by atoms with Crippen LogP contribution in [-0.4, -0.2) is 35.5 Å². The highest BCUT2D eigenvalue weighted by Crippen LogP contribution is 1.86. The molecule has 0 radical (unpaired) electrons. The van der Waals surface area contributed by atoms with Crippen molar-refractivity contribution in [1.29, 1.82) is 0 Å². The summed E-state index contributed by atoms with van der Waals surface area (Å²) in [6.45, 7) is 3.40. The third-order valence-electron chi connectivity index (χ3n) is 1.17. The lowest BCUT2D eigenvalue weighted by molar-refractivity contribution is -0.146. The van der Waals surface area contributed by atoms with Crippen molar-refractivity contribution < 1.29 is 19.1 Å². The molecule has 72 valence electrons. The molecule has 1 N–H and O–H groups in total. The fourth-order valence-electron chi connectivity index (χ4n) is 0.629. The van der Waals surface area contributed by atoms with Gasteiger partial charge in [-0.05, 0) is 13.8 Å². The van der Waals surface area contributed by atoms with Crippen molar-refractivity contribution in [2.75, 3.05) is 6.61 Å². The third kappa shape index (κ3) is 4.71. The van der Waals surface area contributed by atoms with E-state index >= 15 is 0 Å². The molecule has 13 heavy (non-hydrogen) atoms. The predicted molar refractivity (Wildman–Crippen MR) is 43.9 cm³/mol. The maximum atomic E-state index is 10.9. The average Bonchev–Trinajstić information content (AvgIpc) is 2.05. The summed E-state index contributed by atoms with van der Waals surface area (Å²) in [5.41, 5.74) is 7.98. The molecule has 6 heteroatoms. The molecule has 0 aromatic rings. The van der Waals surface area contributed by atoms with Gasteiger partial charge in [-0.2, -0.15) is 4.79 Å². The third-order valence-corrected chi connectivity index (χ3v) is 1.17. The standard InChI is InChI=1S/C7H11N3O3/c1-3-13-7(12)5(2)10-6(11)4-9-8/h4-5H,3H2,1-2H3,(H,10,11)/t5-/m0/s1. The van der Waals surface area contributed by atoms with E-state index in [9.17, 15) is 9.59 Å². The number of nitrogens with zero attached hydrogens (tertiary/aromatic N) is 2. The second kappa shape index (κ2) is 5.91. The zero-order valence-corrected chi connectivity index (χ0v) is 7.48. The molecule has 0 rings (SSSR count). The molecule has 1 amide bonds. The number of esters is 1. The number of rotatable bonds is 4. The van der Waals surface area contributed by atoms with E-state index in [2.05, 4.69) is 14.8 Å². The number of nitrogens with one attached hydrogen (secondary N) is 1. The van der Waals surface area contributed by atoms with Crippen molar-refractivity contribution in [2.24, 2.45) is 0 Å². The molecule has 0 saturated carbocycles. The second-order valence-corrected chi connectivity index (χ2v) is 2.23. The summed E-state index contributed by atoms with van der Waals surface area (Å²) in [4.78, 5) is 24.2. The number of amides is 1. The van der Waals surface area contributed by atoms with Gasteiger partial charge in [0.2, 0.25) is 0 Å². The molecule has 0 aromatic carbocycles. The lowest BCUT2D eigenvalue weighted by Crippen LogP contribution is -2.40. The molecule has 0 aromatic heterocycles. The number of carbonyl (C=O) groups excluding carboxylic acids is 2. The van der Waals surface area contributed by atoms with Crippen LogP contribution in [0.5, 0.6) is 0 Å². The zero-order chi connectivity index (χ0) is 10.3. The monoisotopic (exact) mass is 185 g/mol. The van der Waals surface area contributed by atoms with Crippen molar-refractivity contribution in [1.82, 2.24) is 5.32 Å². The molecule has 6 nitrogen and oxygen atoms in total. The maximum absolute atomic E-state index is 10.9. The normalized spacial score (nSPS) is 10.9. The van der Waals surface area contributed by atoms with E-state index in [1.807, 2.05) is 0 Å². The first kappa shape index (κ1) is 11.3. The number of carbonyl (C=O) groups is 2. The van der Waals surface area contributed by atoms with E-state index in [0.717, 1.165) is 0 Å². The number of hydrogen-bond acceptors (Lipinski definition) is 3. The Bertz CT molecular complexity index is 245. The van der Waals surface area contributed by atoms with E-state index in [1.165, 1.54) is 6.92 Å². The minimum atomic E-state index is -0.745. The topological polar surface area (TPSA) is 91.8 Å². The van der Waals surface area contributed by atoms with Crippen LogP contribution in [0.15, 0.2) is 0 Å². The van der Waals surface area contributed by atoms with Crippen LogP contribution in [0, 0.1) is 0 Å². The fourth-order valence-corrected chi connectivity index (χ4v) is 0.629. The highest BCUT2D eigenvalue weighted by molar-refractivity contribution is 6.24. The second-order valence-electron chi connectivity index (χ2n) is 2.23. The number of ether oxygens (including phenoxy) is 1. The summed E-state index contributed by atoms with van der Waals surface area (Å²) in [7, 11) is 0. The quantitative estimate of drug-likeness (QED) is 0.273. The van der Waals surface area contributed by atoms with Gasteiger partial charge in [0, 0.05) is 0 Å². The van der Waals surface area contributed by atoms with Gasteiger partial charge in [-0.1, -0.05) is 0 Å². The van der Waals surface area contributed by atoms with E-state index in [4.69, 9.17) is 5.53 Å². The first-order valence-corrected chi connectivity index (χ1v) is 3.76. The molecular formula is C7H11N3O3. The van der Waals surface area contributed by atoms with E-state index in [0.29, 0.717) is 6.21 Å². The van der Waals surface area contributed by atoms with Gasteiger partial charge in [0.15, 0.2) is 0 Å². The minimum absolute atomic E-state index is 0.257. The molecule has 0 aliphatic carbocycles. The van der Waals surface area contributed by atoms with Crippen LogP contribution in [0.1, 0.15) is 13.8 Å². The van der Waals surface area contributed by atoms with Crippen LogP contribution in [0.3, 0.4) is 0 Å². The molecule has 0 unspecified atom stereocenters. The summed E-state index contributed by atoms with van der Waals surface area (Å²) < 4.78 is 4.62. The van der Waals surface area contributed by atoms with Gasteiger partial charge in [0.1, 0.15) is 6.04 Å². The highest BCUT2D eigenvalue weighted by atomic mass is 16.5. The van der Waals surface area contributed by atoms with E-state index < -0.39 is 17.9 Å². The van der Waals surface area contributed by atoms with Gasteiger partial charge >= 0.3 is 18.1 Å². The lowest BCUT2D eigenvalue weighted by atomic mass is 10.3. The lowest BCUT2D eigenvalue weighted by Gasteiger charge is -2.08. The molecule has 0 heterocycles. The van der Waals surface area contributed by atoms with Crippen LogP contribution in [-0.2, 0) is 14.3 Å². The molecule has 0 bridgehead atoms. The number of hydrogen-bond donors (Lipinski definition) is 1.